The molecule has 14 heteroatoms. The lowest BCUT2D eigenvalue weighted by Crippen LogP contribution is -2.48. The minimum absolute atomic E-state index is 0.115. The highest BCUT2D eigenvalue weighted by molar-refractivity contribution is 6.02. The van der Waals surface area contributed by atoms with E-state index in [1.165, 1.54) is 21.9 Å². The van der Waals surface area contributed by atoms with Crippen LogP contribution in [0.4, 0.5) is 39.8 Å². The Bertz CT molecular complexity index is 1610. The van der Waals surface area contributed by atoms with Gasteiger partial charge in [-0.05, 0) is 87.7 Å². The molecule has 0 aromatic heterocycles. The predicted octanol–water partition coefficient (Wildman–Crippen LogP) is 7.31. The number of alkyl halides is 3. The summed E-state index contributed by atoms with van der Waals surface area (Å²) < 4.78 is 51.5. The van der Waals surface area contributed by atoms with Gasteiger partial charge in [0.25, 0.3) is 5.91 Å². The molecule has 0 saturated carbocycles. The lowest BCUT2D eigenvalue weighted by molar-refractivity contribution is -0.137. The molecule has 0 aliphatic carbocycles. The Morgan fingerprint density at radius 3 is 2.27 bits per heavy atom. The SMILES string of the molecule is C[C@@H]1CCCCO[C@H](CN(C)C(=O)Nc2ccc(C(F)(F)F)cc2)[C@H](C)CN([C@H](C)CO)C(=O)c2cc(NC(=O)Nc3ccccc3)ccc2O1. The molecule has 0 spiro atoms. The van der Waals surface area contributed by atoms with Gasteiger partial charge in [-0.3, -0.25) is 4.79 Å². The van der Waals surface area contributed by atoms with E-state index in [1.807, 2.05) is 19.9 Å². The zero-order valence-electron chi connectivity index (χ0n) is 29.2. The van der Waals surface area contributed by atoms with Crippen LogP contribution in [0.25, 0.3) is 0 Å². The summed E-state index contributed by atoms with van der Waals surface area (Å²) in [5, 5.41) is 18.3. The number of para-hydroxylation sites is 1. The summed E-state index contributed by atoms with van der Waals surface area (Å²) in [6.07, 6.45) is -3.14. The van der Waals surface area contributed by atoms with Gasteiger partial charge in [-0.2, -0.15) is 13.2 Å². The number of amides is 5. The van der Waals surface area contributed by atoms with E-state index >= 15 is 0 Å². The minimum atomic E-state index is -4.49. The molecule has 4 rings (SSSR count). The molecule has 0 fully saturated rings. The fourth-order valence-electron chi connectivity index (χ4n) is 5.59. The van der Waals surface area contributed by atoms with E-state index in [0.29, 0.717) is 36.6 Å². The van der Waals surface area contributed by atoms with Gasteiger partial charge >= 0.3 is 18.2 Å². The molecule has 276 valence electrons. The molecular weight excluding hydrogens is 667 g/mol. The summed E-state index contributed by atoms with van der Waals surface area (Å²) in [6, 6.07) is 16.3. The van der Waals surface area contributed by atoms with E-state index in [4.69, 9.17) is 9.47 Å². The van der Waals surface area contributed by atoms with Crippen LogP contribution in [0.2, 0.25) is 0 Å². The second kappa shape index (κ2) is 17.9. The first-order valence-electron chi connectivity index (χ1n) is 16.9. The summed E-state index contributed by atoms with van der Waals surface area (Å²) in [7, 11) is 1.55. The first-order valence-corrected chi connectivity index (χ1v) is 16.9. The molecule has 1 heterocycles. The average Bonchev–Trinajstić information content (AvgIpc) is 3.09. The summed E-state index contributed by atoms with van der Waals surface area (Å²) in [5.74, 6) is -0.427. The van der Waals surface area contributed by atoms with Crippen LogP contribution in [0.3, 0.4) is 0 Å². The number of nitrogens with zero attached hydrogens (tertiary/aromatic N) is 2. The number of hydrogen-bond donors (Lipinski definition) is 4. The molecule has 3 aromatic carbocycles. The Balaban J connectivity index is 1.55. The normalized spacial score (nSPS) is 19.5. The second-order valence-electron chi connectivity index (χ2n) is 12.8. The van der Waals surface area contributed by atoms with Crippen LogP contribution < -0.4 is 20.7 Å². The van der Waals surface area contributed by atoms with Gasteiger partial charge in [0, 0.05) is 49.7 Å². The van der Waals surface area contributed by atoms with Crippen molar-refractivity contribution in [3.8, 4) is 5.75 Å². The van der Waals surface area contributed by atoms with E-state index in [2.05, 4.69) is 16.0 Å². The molecule has 5 amide bonds. The van der Waals surface area contributed by atoms with E-state index < -0.39 is 41.9 Å². The first kappa shape index (κ1) is 39.0. The molecule has 0 bridgehead atoms. The Morgan fingerprint density at radius 2 is 1.61 bits per heavy atom. The number of urea groups is 2. The van der Waals surface area contributed by atoms with Crippen LogP contribution in [0, 0.1) is 5.92 Å². The van der Waals surface area contributed by atoms with Gasteiger partial charge in [-0.25, -0.2) is 9.59 Å². The van der Waals surface area contributed by atoms with Crippen LogP contribution in [0.5, 0.6) is 5.75 Å². The summed E-state index contributed by atoms with van der Waals surface area (Å²) >= 11 is 0. The van der Waals surface area contributed by atoms with E-state index in [1.54, 1.807) is 56.4 Å². The van der Waals surface area contributed by atoms with Crippen LogP contribution in [0.1, 0.15) is 56.0 Å². The van der Waals surface area contributed by atoms with Crippen molar-refractivity contribution in [2.24, 2.45) is 5.92 Å². The monoisotopic (exact) mass is 713 g/mol. The van der Waals surface area contributed by atoms with Crippen molar-refractivity contribution in [1.29, 1.82) is 0 Å². The number of carbonyl (C=O) groups excluding carboxylic acids is 3. The van der Waals surface area contributed by atoms with Gasteiger partial charge < -0.3 is 40.3 Å². The molecule has 0 radical (unpaired) electrons. The fourth-order valence-corrected chi connectivity index (χ4v) is 5.59. The maximum absolute atomic E-state index is 14.3. The lowest BCUT2D eigenvalue weighted by Gasteiger charge is -2.35. The van der Waals surface area contributed by atoms with E-state index in [9.17, 15) is 32.7 Å². The summed E-state index contributed by atoms with van der Waals surface area (Å²) in [5.41, 5.74) is 0.540. The van der Waals surface area contributed by atoms with Crippen molar-refractivity contribution in [2.45, 2.75) is 64.5 Å². The van der Waals surface area contributed by atoms with Crippen LogP contribution in [-0.4, -0.2) is 84.5 Å². The van der Waals surface area contributed by atoms with Crippen molar-refractivity contribution in [2.75, 3.05) is 49.3 Å². The lowest BCUT2D eigenvalue weighted by atomic mass is 10.0. The maximum Gasteiger partial charge on any atom is 0.416 e. The Kier molecular flexibility index (Phi) is 13.7. The zero-order chi connectivity index (χ0) is 37.1. The summed E-state index contributed by atoms with van der Waals surface area (Å²) in [6.45, 7) is 5.81. The molecule has 3 aromatic rings. The Morgan fingerprint density at radius 1 is 0.961 bits per heavy atom. The predicted molar refractivity (Wildman–Crippen MR) is 189 cm³/mol. The molecular formula is C37H46F3N5O6. The van der Waals surface area contributed by atoms with Crippen molar-refractivity contribution < 1.29 is 42.1 Å². The van der Waals surface area contributed by atoms with Gasteiger partial charge in [0.15, 0.2) is 0 Å². The van der Waals surface area contributed by atoms with E-state index in [0.717, 1.165) is 18.6 Å². The number of halogens is 3. The molecule has 0 unspecified atom stereocenters. The second-order valence-corrected chi connectivity index (χ2v) is 12.8. The van der Waals surface area contributed by atoms with Crippen molar-refractivity contribution in [3.63, 3.8) is 0 Å². The van der Waals surface area contributed by atoms with Gasteiger partial charge in [0.05, 0.1) is 36.0 Å². The molecule has 1 aliphatic heterocycles. The number of likely N-dealkylation sites (N-methyl/N-ethyl adjacent to an activating group) is 1. The number of anilines is 3. The first-order chi connectivity index (χ1) is 24.2. The molecule has 51 heavy (non-hydrogen) atoms. The van der Waals surface area contributed by atoms with Crippen molar-refractivity contribution in [3.05, 3.63) is 83.9 Å². The summed E-state index contributed by atoms with van der Waals surface area (Å²) in [4.78, 5) is 43.1. The standard InChI is InChI=1S/C37H46F3N5O6/c1-24-21-45(25(2)23-46)34(47)31-20-30(42-35(48)41-28-11-6-5-7-12-28)17-18-32(31)51-26(3)10-8-9-19-50-33(24)22-44(4)36(49)43-29-15-13-27(14-16-29)37(38,39)40/h5-7,11-18,20,24-26,33,46H,8-10,19,21-23H2,1-4H3,(H,43,49)(H2,41,42,48)/t24-,25-,26-,33-/m1/s1. The van der Waals surface area contributed by atoms with Crippen molar-refractivity contribution in [1.82, 2.24) is 9.80 Å². The minimum Gasteiger partial charge on any atom is -0.490 e. The van der Waals surface area contributed by atoms with Crippen LogP contribution in [-0.2, 0) is 10.9 Å². The Labute approximate surface area is 296 Å². The molecule has 0 saturated heterocycles. The Hall–Kier alpha value is -4.82. The quantitative estimate of drug-likeness (QED) is 0.203. The fraction of sp³-hybridized carbons (Fsp3) is 0.432. The van der Waals surface area contributed by atoms with Crippen LogP contribution in [0.15, 0.2) is 72.8 Å². The molecule has 1 aliphatic rings. The van der Waals surface area contributed by atoms with E-state index in [-0.39, 0.29) is 43.0 Å². The zero-order valence-corrected chi connectivity index (χ0v) is 29.2. The van der Waals surface area contributed by atoms with Gasteiger partial charge in [-0.1, -0.05) is 25.1 Å². The highest BCUT2D eigenvalue weighted by Gasteiger charge is 2.32. The van der Waals surface area contributed by atoms with Gasteiger partial charge in [0.2, 0.25) is 0 Å². The van der Waals surface area contributed by atoms with Crippen molar-refractivity contribution >= 4 is 35.0 Å². The molecule has 4 atom stereocenters. The van der Waals surface area contributed by atoms with Crippen LogP contribution >= 0.6 is 0 Å². The third kappa shape index (κ3) is 11.3. The smallest absolute Gasteiger partial charge is 0.416 e. The number of aliphatic hydroxyl groups excluding tert-OH is 1. The number of hydrogen-bond acceptors (Lipinski definition) is 6. The van der Waals surface area contributed by atoms with Gasteiger partial charge in [0.1, 0.15) is 5.75 Å². The maximum atomic E-state index is 14.3. The largest absolute Gasteiger partial charge is 0.490 e. The highest BCUT2D eigenvalue weighted by atomic mass is 19.4. The topological polar surface area (TPSA) is 132 Å². The number of fused-ring (bicyclic) bond motifs is 1. The molecule has 4 N–H and O–H groups in total. The number of ether oxygens (including phenoxy) is 2. The third-order valence-corrected chi connectivity index (χ3v) is 8.61. The number of aliphatic hydroxyl groups is 1. The number of benzene rings is 3. The number of carbonyl (C=O) groups is 3. The number of rotatable bonds is 7. The average molecular weight is 714 g/mol. The number of nitrogens with one attached hydrogen (secondary N) is 3. The van der Waals surface area contributed by atoms with Gasteiger partial charge in [-0.15, -0.1) is 0 Å². The third-order valence-electron chi connectivity index (χ3n) is 8.61. The highest BCUT2D eigenvalue weighted by Crippen LogP contribution is 2.31. The molecule has 11 nitrogen and oxygen atoms in total.